The van der Waals surface area contributed by atoms with E-state index in [0.29, 0.717) is 12.6 Å². The molecule has 80 valence electrons. The Hall–Kier alpha value is 0.580. The van der Waals surface area contributed by atoms with Crippen LogP contribution in [0.15, 0.2) is 14.3 Å². The largest absolute Gasteiger partial charge is 0.386 e. The molecule has 1 aromatic rings. The van der Waals surface area contributed by atoms with Gasteiger partial charge in [-0.3, -0.25) is 0 Å². The Balaban J connectivity index is 2.60. The van der Waals surface area contributed by atoms with Gasteiger partial charge in [-0.05, 0) is 31.9 Å². The zero-order valence-corrected chi connectivity index (χ0v) is 12.0. The highest BCUT2D eigenvalue weighted by Crippen LogP contribution is 2.36. The summed E-state index contributed by atoms with van der Waals surface area (Å²) in [6.45, 7) is 4.71. The van der Waals surface area contributed by atoms with Crippen LogP contribution in [0.5, 0.6) is 0 Å². The van der Waals surface area contributed by atoms with Crippen molar-refractivity contribution in [3.05, 3.63) is 19.2 Å². The van der Waals surface area contributed by atoms with Crippen LogP contribution < -0.4 is 5.32 Å². The molecule has 5 heteroatoms. The fourth-order valence-corrected chi connectivity index (χ4v) is 3.24. The number of thiophene rings is 1. The normalized spacial score (nSPS) is 13.6. The number of aliphatic hydroxyl groups excluding tert-OH is 1. The highest BCUT2D eigenvalue weighted by molar-refractivity contribution is 9.13. The van der Waals surface area contributed by atoms with E-state index >= 15 is 0 Å². The molecule has 0 radical (unpaired) electrons. The lowest BCUT2D eigenvalue weighted by atomic mass is 10.2. The van der Waals surface area contributed by atoms with Crippen LogP contribution in [0.4, 0.5) is 0 Å². The van der Waals surface area contributed by atoms with Crippen molar-refractivity contribution < 1.29 is 5.11 Å². The standard InChI is InChI=1S/C9H13Br2NOS/c1-5(2)12-3-7(13)9-8(11)6(10)4-14-9/h4-5,7,12-13H,3H2,1-2H3. The molecule has 1 atom stereocenters. The molecule has 0 aliphatic heterocycles. The van der Waals surface area contributed by atoms with Crippen LogP contribution in [-0.4, -0.2) is 17.7 Å². The molecule has 14 heavy (non-hydrogen) atoms. The molecule has 1 unspecified atom stereocenters. The van der Waals surface area contributed by atoms with Crippen LogP contribution in [0.25, 0.3) is 0 Å². The third-order valence-corrected chi connectivity index (χ3v) is 5.40. The van der Waals surface area contributed by atoms with Gasteiger partial charge in [0.15, 0.2) is 0 Å². The summed E-state index contributed by atoms with van der Waals surface area (Å²) in [6.07, 6.45) is -0.442. The molecule has 0 aliphatic carbocycles. The van der Waals surface area contributed by atoms with E-state index in [1.54, 1.807) is 11.3 Å². The molecule has 0 amide bonds. The van der Waals surface area contributed by atoms with Crippen LogP contribution in [0.3, 0.4) is 0 Å². The lowest BCUT2D eigenvalue weighted by Gasteiger charge is -2.13. The van der Waals surface area contributed by atoms with Gasteiger partial charge in [0.25, 0.3) is 0 Å². The summed E-state index contributed by atoms with van der Waals surface area (Å²) in [6, 6.07) is 0.395. The van der Waals surface area contributed by atoms with Crippen molar-refractivity contribution in [2.24, 2.45) is 0 Å². The first-order valence-corrected chi connectivity index (χ1v) is 6.82. The Morgan fingerprint density at radius 2 is 2.14 bits per heavy atom. The minimum Gasteiger partial charge on any atom is -0.386 e. The topological polar surface area (TPSA) is 32.3 Å². The molecule has 1 heterocycles. The predicted molar refractivity (Wildman–Crippen MR) is 67.8 cm³/mol. The third kappa shape index (κ3) is 3.31. The summed E-state index contributed by atoms with van der Waals surface area (Å²) in [7, 11) is 0. The van der Waals surface area contributed by atoms with Gasteiger partial charge in [-0.15, -0.1) is 11.3 Å². The highest BCUT2D eigenvalue weighted by atomic mass is 79.9. The van der Waals surface area contributed by atoms with Crippen molar-refractivity contribution >= 4 is 43.2 Å². The smallest absolute Gasteiger partial charge is 0.102 e. The van der Waals surface area contributed by atoms with Gasteiger partial charge in [-0.1, -0.05) is 13.8 Å². The van der Waals surface area contributed by atoms with E-state index in [4.69, 9.17) is 0 Å². The monoisotopic (exact) mass is 341 g/mol. The molecule has 0 bridgehead atoms. The van der Waals surface area contributed by atoms with E-state index in [2.05, 4.69) is 51.0 Å². The van der Waals surface area contributed by atoms with Gasteiger partial charge in [0, 0.05) is 31.8 Å². The molecule has 0 aromatic carbocycles. The summed E-state index contributed by atoms with van der Waals surface area (Å²) >= 11 is 8.38. The Bertz CT molecular complexity index is 301. The van der Waals surface area contributed by atoms with Crippen LogP contribution in [0.1, 0.15) is 24.8 Å². The average molecular weight is 343 g/mol. The summed E-state index contributed by atoms with van der Waals surface area (Å²) in [5.41, 5.74) is 0. The Labute approximate surface area is 105 Å². The number of nitrogens with one attached hydrogen (secondary N) is 1. The first-order valence-electron chi connectivity index (χ1n) is 4.36. The van der Waals surface area contributed by atoms with E-state index in [1.165, 1.54) is 0 Å². The Kier molecular flexibility index (Phi) is 5.06. The summed E-state index contributed by atoms with van der Waals surface area (Å²) in [4.78, 5) is 0.963. The van der Waals surface area contributed by atoms with Crippen molar-refractivity contribution in [3.8, 4) is 0 Å². The van der Waals surface area contributed by atoms with Crippen molar-refractivity contribution in [2.75, 3.05) is 6.54 Å². The molecule has 1 rings (SSSR count). The quantitative estimate of drug-likeness (QED) is 0.879. The zero-order valence-electron chi connectivity index (χ0n) is 8.05. The number of rotatable bonds is 4. The van der Waals surface area contributed by atoms with Crippen LogP contribution in [-0.2, 0) is 0 Å². The number of hydrogen-bond donors (Lipinski definition) is 2. The van der Waals surface area contributed by atoms with Crippen LogP contribution in [0.2, 0.25) is 0 Å². The first-order chi connectivity index (χ1) is 6.52. The second kappa shape index (κ2) is 5.61. The van der Waals surface area contributed by atoms with Crippen LogP contribution >= 0.6 is 43.2 Å². The maximum absolute atomic E-state index is 9.86. The van der Waals surface area contributed by atoms with Crippen molar-refractivity contribution in [3.63, 3.8) is 0 Å². The number of halogens is 2. The van der Waals surface area contributed by atoms with E-state index < -0.39 is 6.10 Å². The van der Waals surface area contributed by atoms with E-state index in [-0.39, 0.29) is 0 Å². The minimum absolute atomic E-state index is 0.395. The Morgan fingerprint density at radius 1 is 1.50 bits per heavy atom. The average Bonchev–Trinajstić information content (AvgIpc) is 2.44. The second-order valence-corrected chi connectivity index (χ2v) is 5.90. The van der Waals surface area contributed by atoms with Gasteiger partial charge in [0.05, 0.1) is 0 Å². The minimum atomic E-state index is -0.442. The molecule has 2 nitrogen and oxygen atoms in total. The molecule has 0 aliphatic rings. The van der Waals surface area contributed by atoms with Gasteiger partial charge in [0.1, 0.15) is 6.10 Å². The summed E-state index contributed by atoms with van der Waals surface area (Å²) < 4.78 is 1.96. The number of aliphatic hydroxyl groups is 1. The fraction of sp³-hybridized carbons (Fsp3) is 0.556. The van der Waals surface area contributed by atoms with Crippen molar-refractivity contribution in [1.29, 1.82) is 0 Å². The van der Waals surface area contributed by atoms with Gasteiger partial charge in [0.2, 0.25) is 0 Å². The van der Waals surface area contributed by atoms with E-state index in [0.717, 1.165) is 13.8 Å². The highest BCUT2D eigenvalue weighted by Gasteiger charge is 2.15. The van der Waals surface area contributed by atoms with Gasteiger partial charge < -0.3 is 10.4 Å². The van der Waals surface area contributed by atoms with Gasteiger partial charge in [-0.25, -0.2) is 0 Å². The molecular weight excluding hydrogens is 330 g/mol. The maximum atomic E-state index is 9.86. The fourth-order valence-electron chi connectivity index (χ4n) is 1.00. The molecule has 0 spiro atoms. The van der Waals surface area contributed by atoms with Crippen LogP contribution in [0, 0.1) is 0 Å². The molecule has 0 saturated carbocycles. The molecule has 2 N–H and O–H groups in total. The second-order valence-electron chi connectivity index (χ2n) is 3.34. The zero-order chi connectivity index (χ0) is 10.7. The first kappa shape index (κ1) is 12.6. The summed E-state index contributed by atoms with van der Waals surface area (Å²) in [5, 5.41) is 15.0. The third-order valence-electron chi connectivity index (χ3n) is 1.74. The molecular formula is C9H13Br2NOS. The lowest BCUT2D eigenvalue weighted by molar-refractivity contribution is 0.174. The van der Waals surface area contributed by atoms with E-state index in [9.17, 15) is 5.11 Å². The summed E-state index contributed by atoms with van der Waals surface area (Å²) in [5.74, 6) is 0. The van der Waals surface area contributed by atoms with Crippen molar-refractivity contribution in [2.45, 2.75) is 26.0 Å². The number of hydrogen-bond acceptors (Lipinski definition) is 3. The lowest BCUT2D eigenvalue weighted by Crippen LogP contribution is -2.27. The maximum Gasteiger partial charge on any atom is 0.102 e. The molecule has 0 saturated heterocycles. The van der Waals surface area contributed by atoms with Gasteiger partial charge in [-0.2, -0.15) is 0 Å². The van der Waals surface area contributed by atoms with E-state index in [1.807, 2.05) is 5.38 Å². The SMILES string of the molecule is CC(C)NCC(O)c1scc(Br)c1Br. The predicted octanol–water partition coefficient (Wildman–Crippen LogP) is 3.30. The Morgan fingerprint density at radius 3 is 2.57 bits per heavy atom. The molecule has 0 fully saturated rings. The van der Waals surface area contributed by atoms with Crippen molar-refractivity contribution in [1.82, 2.24) is 5.32 Å². The van der Waals surface area contributed by atoms with Gasteiger partial charge >= 0.3 is 0 Å². The molecule has 1 aromatic heterocycles.